The number of rotatable bonds is 2. The second-order valence-corrected chi connectivity index (χ2v) is 3.36. The third-order valence-corrected chi connectivity index (χ3v) is 2.08. The minimum atomic E-state index is -0.371. The molecule has 0 aromatic carbocycles. The smallest absolute Gasteiger partial charge is 0.243 e. The van der Waals surface area contributed by atoms with E-state index in [1.54, 1.807) is 6.92 Å². The summed E-state index contributed by atoms with van der Waals surface area (Å²) in [6.45, 7) is 3.77. The van der Waals surface area contributed by atoms with Gasteiger partial charge in [0, 0.05) is 6.42 Å². The molecule has 0 aliphatic heterocycles. The molecule has 0 saturated heterocycles. The average Bonchev–Trinajstić information content (AvgIpc) is 2.87. The number of aryl methyl sites for hydroxylation is 2. The number of nitrogens with zero attached hydrogens (tertiary/aromatic N) is 6. The number of aromatic nitrogens is 6. The highest BCUT2D eigenvalue weighted by Gasteiger charge is 2.14. The van der Waals surface area contributed by atoms with Crippen molar-refractivity contribution in [1.29, 1.82) is 0 Å². The van der Waals surface area contributed by atoms with Crippen molar-refractivity contribution in [3.8, 4) is 0 Å². The summed E-state index contributed by atoms with van der Waals surface area (Å²) in [5.41, 5.74) is 0. The van der Waals surface area contributed by atoms with Gasteiger partial charge in [0.15, 0.2) is 5.82 Å². The summed E-state index contributed by atoms with van der Waals surface area (Å²) >= 11 is 0. The predicted molar refractivity (Wildman–Crippen MR) is 55.0 cm³/mol. The van der Waals surface area contributed by atoms with Crippen molar-refractivity contribution in [1.82, 2.24) is 29.5 Å². The molecule has 0 aliphatic rings. The maximum absolute atomic E-state index is 11.9. The summed E-state index contributed by atoms with van der Waals surface area (Å²) in [5, 5.41) is 7.88. The zero-order valence-electron chi connectivity index (χ0n) is 9.16. The van der Waals surface area contributed by atoms with E-state index in [1.165, 1.54) is 17.3 Å². The van der Waals surface area contributed by atoms with Gasteiger partial charge in [-0.3, -0.25) is 0 Å². The predicted octanol–water partition coefficient (Wildman–Crippen LogP) is 0.647. The molecule has 2 aromatic heterocycles. The van der Waals surface area contributed by atoms with Crippen molar-refractivity contribution in [3.05, 3.63) is 24.3 Å². The Kier molecular flexibility index (Phi) is 2.76. The summed E-state index contributed by atoms with van der Waals surface area (Å²) in [4.78, 5) is 19.8. The Morgan fingerprint density at radius 1 is 1.50 bits per heavy atom. The first-order valence-electron chi connectivity index (χ1n) is 5.04. The van der Waals surface area contributed by atoms with Crippen molar-refractivity contribution in [2.24, 2.45) is 0 Å². The van der Waals surface area contributed by atoms with Gasteiger partial charge in [-0.1, -0.05) is 6.92 Å². The lowest BCUT2D eigenvalue weighted by molar-refractivity contribution is 0.237. The van der Waals surface area contributed by atoms with Gasteiger partial charge in [0.05, 0.1) is 0 Å². The third-order valence-electron chi connectivity index (χ3n) is 2.08. The molecule has 2 aromatic rings. The van der Waals surface area contributed by atoms with E-state index in [9.17, 15) is 4.79 Å². The van der Waals surface area contributed by atoms with E-state index in [1.807, 2.05) is 6.92 Å². The monoisotopic (exact) mass is 220 g/mol. The number of carbonyl (C=O) groups is 1. The maximum atomic E-state index is 11.9. The molecule has 7 heteroatoms. The van der Waals surface area contributed by atoms with E-state index in [-0.39, 0.29) is 6.03 Å². The van der Waals surface area contributed by atoms with E-state index in [0.717, 1.165) is 17.5 Å². The molecule has 0 aliphatic carbocycles. The zero-order valence-corrected chi connectivity index (χ0v) is 9.16. The van der Waals surface area contributed by atoms with Crippen molar-refractivity contribution in [3.63, 3.8) is 0 Å². The van der Waals surface area contributed by atoms with Crippen LogP contribution in [-0.4, -0.2) is 35.6 Å². The summed E-state index contributed by atoms with van der Waals surface area (Å²) in [6.07, 6.45) is 4.35. The molecular formula is C9H12N6O. The Bertz CT molecular complexity index is 486. The summed E-state index contributed by atoms with van der Waals surface area (Å²) < 4.78 is 2.36. The molecule has 0 saturated carbocycles. The van der Waals surface area contributed by atoms with Gasteiger partial charge in [-0.25, -0.2) is 14.8 Å². The number of hydrogen-bond acceptors (Lipinski definition) is 5. The highest BCUT2D eigenvalue weighted by Crippen LogP contribution is 2.01. The Morgan fingerprint density at radius 3 is 2.94 bits per heavy atom. The fourth-order valence-electron chi connectivity index (χ4n) is 1.36. The van der Waals surface area contributed by atoms with E-state index >= 15 is 0 Å². The van der Waals surface area contributed by atoms with Crippen molar-refractivity contribution >= 4 is 6.03 Å². The largest absolute Gasteiger partial charge is 0.372 e. The van der Waals surface area contributed by atoms with Crippen LogP contribution in [-0.2, 0) is 6.42 Å². The first-order chi connectivity index (χ1) is 7.72. The molecule has 0 spiro atoms. The maximum Gasteiger partial charge on any atom is 0.372 e. The average molecular weight is 220 g/mol. The molecule has 84 valence electrons. The van der Waals surface area contributed by atoms with E-state index in [0.29, 0.717) is 11.6 Å². The van der Waals surface area contributed by atoms with Gasteiger partial charge < -0.3 is 0 Å². The van der Waals surface area contributed by atoms with Crippen LogP contribution in [0.15, 0.2) is 12.7 Å². The van der Waals surface area contributed by atoms with Crippen LogP contribution >= 0.6 is 0 Å². The molecule has 7 nitrogen and oxygen atoms in total. The van der Waals surface area contributed by atoms with Gasteiger partial charge >= 0.3 is 6.03 Å². The quantitative estimate of drug-likeness (QED) is 0.742. The van der Waals surface area contributed by atoms with Gasteiger partial charge in [0.1, 0.15) is 18.5 Å². The van der Waals surface area contributed by atoms with Crippen molar-refractivity contribution < 1.29 is 4.79 Å². The molecule has 0 fully saturated rings. The van der Waals surface area contributed by atoms with Crippen LogP contribution in [0.3, 0.4) is 0 Å². The summed E-state index contributed by atoms with van der Waals surface area (Å²) in [5.74, 6) is 1.23. The topological polar surface area (TPSA) is 78.5 Å². The van der Waals surface area contributed by atoms with E-state index < -0.39 is 0 Å². The van der Waals surface area contributed by atoms with Crippen LogP contribution < -0.4 is 0 Å². The molecule has 2 heterocycles. The fraction of sp³-hybridized carbons (Fsp3) is 0.444. The van der Waals surface area contributed by atoms with E-state index in [2.05, 4.69) is 20.2 Å². The first kappa shape index (κ1) is 10.5. The SMILES string of the molecule is CCCc1nc(C)n(C(=O)n2cncn2)n1. The van der Waals surface area contributed by atoms with Crippen LogP contribution in [0, 0.1) is 6.92 Å². The summed E-state index contributed by atoms with van der Waals surface area (Å²) in [6, 6.07) is -0.371. The number of hydrogen-bond donors (Lipinski definition) is 0. The lowest BCUT2D eigenvalue weighted by Gasteiger charge is -1.99. The molecule has 0 atom stereocenters. The van der Waals surface area contributed by atoms with Gasteiger partial charge in [0.25, 0.3) is 0 Å². The standard InChI is InChI=1S/C9H12N6O/c1-3-4-8-12-7(2)15(13-8)9(16)14-6-10-5-11-14/h5-6H,3-4H2,1-2H3. The highest BCUT2D eigenvalue weighted by atomic mass is 16.2. The third kappa shape index (κ3) is 1.83. The van der Waals surface area contributed by atoms with Crippen molar-refractivity contribution in [2.75, 3.05) is 0 Å². The molecule has 0 bridgehead atoms. The van der Waals surface area contributed by atoms with Crippen LogP contribution in [0.4, 0.5) is 4.79 Å². The molecule has 0 radical (unpaired) electrons. The van der Waals surface area contributed by atoms with E-state index in [4.69, 9.17) is 0 Å². The van der Waals surface area contributed by atoms with Gasteiger partial charge in [-0.15, -0.1) is 5.10 Å². The molecule has 2 rings (SSSR count). The second kappa shape index (κ2) is 4.21. The molecule has 16 heavy (non-hydrogen) atoms. The number of carbonyl (C=O) groups excluding carboxylic acids is 1. The lowest BCUT2D eigenvalue weighted by Crippen LogP contribution is -2.22. The van der Waals surface area contributed by atoms with Gasteiger partial charge in [-0.2, -0.15) is 14.5 Å². The zero-order chi connectivity index (χ0) is 11.5. The van der Waals surface area contributed by atoms with Gasteiger partial charge in [0.2, 0.25) is 0 Å². The lowest BCUT2D eigenvalue weighted by atomic mass is 10.3. The normalized spacial score (nSPS) is 10.6. The van der Waals surface area contributed by atoms with Crippen LogP contribution in [0.1, 0.15) is 25.0 Å². The van der Waals surface area contributed by atoms with Crippen molar-refractivity contribution in [2.45, 2.75) is 26.7 Å². The Morgan fingerprint density at radius 2 is 2.31 bits per heavy atom. The van der Waals surface area contributed by atoms with Crippen LogP contribution in [0.5, 0.6) is 0 Å². The minimum absolute atomic E-state index is 0.371. The Labute approximate surface area is 92.1 Å². The second-order valence-electron chi connectivity index (χ2n) is 3.36. The highest BCUT2D eigenvalue weighted by molar-refractivity contribution is 5.77. The Balaban J connectivity index is 2.30. The first-order valence-corrected chi connectivity index (χ1v) is 5.04. The summed E-state index contributed by atoms with van der Waals surface area (Å²) in [7, 11) is 0. The van der Waals surface area contributed by atoms with Crippen LogP contribution in [0.25, 0.3) is 0 Å². The Hall–Kier alpha value is -2.05. The van der Waals surface area contributed by atoms with Gasteiger partial charge in [-0.05, 0) is 13.3 Å². The molecule has 0 N–H and O–H groups in total. The molecular weight excluding hydrogens is 208 g/mol. The minimum Gasteiger partial charge on any atom is -0.243 e. The molecule has 0 amide bonds. The van der Waals surface area contributed by atoms with Crippen LogP contribution in [0.2, 0.25) is 0 Å². The molecule has 0 unspecified atom stereocenters. The fourth-order valence-corrected chi connectivity index (χ4v) is 1.36.